The average Bonchev–Trinajstić information content (AvgIpc) is 2.84. The van der Waals surface area contributed by atoms with E-state index < -0.39 is 29.7 Å². The molecule has 0 bridgehead atoms. The number of hydrogen-bond acceptors (Lipinski definition) is 5. The summed E-state index contributed by atoms with van der Waals surface area (Å²) in [7, 11) is 0. The Balaban J connectivity index is 2.53. The van der Waals surface area contributed by atoms with Crippen molar-refractivity contribution >= 4 is 23.6 Å². The number of hydrogen-bond donors (Lipinski definition) is 3. The smallest absolute Gasteiger partial charge is 0.408 e. The topological polar surface area (TPSA) is 108 Å². The van der Waals surface area contributed by atoms with Crippen LogP contribution in [0.25, 0.3) is 0 Å². The number of aromatic hydroxyl groups is 1. The van der Waals surface area contributed by atoms with Gasteiger partial charge in [0.1, 0.15) is 23.4 Å². The summed E-state index contributed by atoms with van der Waals surface area (Å²) in [5.74, 6) is -1.07. The molecule has 8 nitrogen and oxygen atoms in total. The van der Waals surface area contributed by atoms with Crippen molar-refractivity contribution in [1.29, 1.82) is 0 Å². The zero-order valence-corrected chi connectivity index (χ0v) is 24.4. The molecule has 0 saturated carbocycles. The number of carbonyl (C=O) groups is 3. The number of ether oxygens (including phenoxy) is 1. The summed E-state index contributed by atoms with van der Waals surface area (Å²) in [5.41, 5.74) is 1.27. The van der Waals surface area contributed by atoms with Crippen LogP contribution in [0.2, 0.25) is 0 Å². The number of aryl methyl sites for hydroxylation is 1. The first-order valence-corrected chi connectivity index (χ1v) is 13.8. The molecule has 0 aromatic heterocycles. The highest BCUT2D eigenvalue weighted by molar-refractivity contribution is 5.99. The van der Waals surface area contributed by atoms with E-state index in [0.29, 0.717) is 24.2 Å². The quantitative estimate of drug-likeness (QED) is 0.273. The molecule has 214 valence electrons. The van der Waals surface area contributed by atoms with Gasteiger partial charge in [0.05, 0.1) is 0 Å². The molecule has 0 spiro atoms. The molecule has 2 rings (SSSR count). The summed E-state index contributed by atoms with van der Waals surface area (Å²) >= 11 is 0. The Morgan fingerprint density at radius 2 is 1.69 bits per heavy atom. The molecule has 39 heavy (non-hydrogen) atoms. The van der Waals surface area contributed by atoms with E-state index in [1.807, 2.05) is 39.0 Å². The molecule has 0 aliphatic rings. The zero-order chi connectivity index (χ0) is 29.2. The molecular formula is C31H45N3O5. The molecule has 0 fully saturated rings. The molecule has 0 saturated heterocycles. The Kier molecular flexibility index (Phi) is 11.8. The third kappa shape index (κ3) is 9.93. The second-order valence-electron chi connectivity index (χ2n) is 11.3. The Morgan fingerprint density at radius 1 is 1.00 bits per heavy atom. The van der Waals surface area contributed by atoms with E-state index in [9.17, 15) is 19.5 Å². The van der Waals surface area contributed by atoms with Crippen LogP contribution >= 0.6 is 0 Å². The molecular weight excluding hydrogens is 494 g/mol. The van der Waals surface area contributed by atoms with Gasteiger partial charge in [0.2, 0.25) is 5.91 Å². The number of phenolic OH excluding ortho intramolecular Hbond substituents is 1. The summed E-state index contributed by atoms with van der Waals surface area (Å²) in [6.07, 6.45) is 2.89. The highest BCUT2D eigenvalue weighted by atomic mass is 16.6. The minimum atomic E-state index is -1.03. The van der Waals surface area contributed by atoms with Crippen molar-refractivity contribution in [3.8, 4) is 5.75 Å². The number of anilines is 1. The first-order valence-electron chi connectivity index (χ1n) is 13.8. The van der Waals surface area contributed by atoms with Crippen molar-refractivity contribution < 1.29 is 24.2 Å². The molecule has 2 aromatic rings. The first-order chi connectivity index (χ1) is 18.3. The van der Waals surface area contributed by atoms with E-state index in [1.165, 1.54) is 17.0 Å². The van der Waals surface area contributed by atoms with Crippen LogP contribution in [0.3, 0.4) is 0 Å². The van der Waals surface area contributed by atoms with Gasteiger partial charge in [-0.25, -0.2) is 4.79 Å². The van der Waals surface area contributed by atoms with Crippen molar-refractivity contribution in [3.63, 3.8) is 0 Å². The molecule has 0 radical (unpaired) electrons. The Hall–Kier alpha value is -3.55. The Labute approximate surface area is 233 Å². The third-order valence-corrected chi connectivity index (χ3v) is 6.29. The largest absolute Gasteiger partial charge is 0.508 e. The normalized spacial score (nSPS) is 12.9. The second-order valence-corrected chi connectivity index (χ2v) is 11.3. The van der Waals surface area contributed by atoms with Gasteiger partial charge < -0.3 is 25.4 Å². The van der Waals surface area contributed by atoms with Crippen LogP contribution in [0.4, 0.5) is 10.5 Å². The van der Waals surface area contributed by atoms with Crippen LogP contribution < -0.4 is 10.6 Å². The van der Waals surface area contributed by atoms with Gasteiger partial charge in [0.15, 0.2) is 0 Å². The highest BCUT2D eigenvalue weighted by Crippen LogP contribution is 2.29. The van der Waals surface area contributed by atoms with Crippen LogP contribution in [-0.4, -0.2) is 46.1 Å². The van der Waals surface area contributed by atoms with Crippen LogP contribution in [0.1, 0.15) is 84.4 Å². The third-order valence-electron chi connectivity index (χ3n) is 6.29. The fourth-order valence-electron chi connectivity index (χ4n) is 4.28. The van der Waals surface area contributed by atoms with E-state index in [-0.39, 0.29) is 17.6 Å². The Morgan fingerprint density at radius 3 is 2.28 bits per heavy atom. The maximum absolute atomic E-state index is 14.2. The zero-order valence-electron chi connectivity index (χ0n) is 24.4. The minimum Gasteiger partial charge on any atom is -0.508 e. The van der Waals surface area contributed by atoms with Gasteiger partial charge in [-0.1, -0.05) is 70.4 Å². The van der Waals surface area contributed by atoms with Gasteiger partial charge in [0.25, 0.3) is 5.91 Å². The fourth-order valence-corrected chi connectivity index (χ4v) is 4.28. The number of rotatable bonds is 12. The lowest BCUT2D eigenvalue weighted by Gasteiger charge is -2.35. The van der Waals surface area contributed by atoms with Gasteiger partial charge in [-0.2, -0.15) is 0 Å². The number of amides is 3. The summed E-state index contributed by atoms with van der Waals surface area (Å²) < 4.78 is 5.43. The van der Waals surface area contributed by atoms with Crippen molar-refractivity contribution in [2.75, 3.05) is 11.9 Å². The van der Waals surface area contributed by atoms with Gasteiger partial charge >= 0.3 is 6.09 Å². The molecule has 2 atom stereocenters. The number of nitrogens with zero attached hydrogens (tertiary/aromatic N) is 1. The highest BCUT2D eigenvalue weighted by Gasteiger charge is 2.37. The summed E-state index contributed by atoms with van der Waals surface area (Å²) in [6.45, 7) is 13.3. The Bertz CT molecular complexity index is 1110. The molecule has 2 unspecified atom stereocenters. The number of alkyl carbamates (subject to hydrolysis) is 1. The van der Waals surface area contributed by atoms with Gasteiger partial charge in [0, 0.05) is 12.2 Å². The number of benzene rings is 2. The lowest BCUT2D eigenvalue weighted by atomic mass is 9.98. The van der Waals surface area contributed by atoms with Crippen LogP contribution in [0.5, 0.6) is 5.75 Å². The van der Waals surface area contributed by atoms with E-state index in [0.717, 1.165) is 24.8 Å². The molecule has 3 amide bonds. The number of carbonyl (C=O) groups excluding carboxylic acids is 3. The number of unbranched alkanes of at least 4 members (excludes halogenated alkanes) is 3. The monoisotopic (exact) mass is 539 g/mol. The lowest BCUT2D eigenvalue weighted by Crippen LogP contribution is -2.54. The number of phenols is 1. The van der Waals surface area contributed by atoms with Crippen LogP contribution in [0.15, 0.2) is 48.5 Å². The van der Waals surface area contributed by atoms with Crippen LogP contribution in [0, 0.1) is 12.8 Å². The average molecular weight is 540 g/mol. The second kappa shape index (κ2) is 14.6. The van der Waals surface area contributed by atoms with Crippen molar-refractivity contribution in [1.82, 2.24) is 10.2 Å². The molecule has 3 N–H and O–H groups in total. The summed E-state index contributed by atoms with van der Waals surface area (Å²) in [6, 6.07) is 11.9. The molecule has 0 heterocycles. The van der Waals surface area contributed by atoms with Gasteiger partial charge in [-0.15, -0.1) is 0 Å². The summed E-state index contributed by atoms with van der Waals surface area (Å²) in [5, 5.41) is 16.0. The van der Waals surface area contributed by atoms with Crippen LogP contribution in [-0.2, 0) is 14.3 Å². The predicted octanol–water partition coefficient (Wildman–Crippen LogP) is 6.34. The van der Waals surface area contributed by atoms with Crippen molar-refractivity contribution in [2.24, 2.45) is 5.92 Å². The molecule has 2 aromatic carbocycles. The fraction of sp³-hybridized carbons (Fsp3) is 0.516. The number of nitrogens with one attached hydrogen (secondary N) is 2. The first kappa shape index (κ1) is 31.7. The maximum atomic E-state index is 14.2. The SMILES string of the molecule is CCCCCCN(C(=O)C(NC(=O)OC(C)(C)C)C(C)C)C(C(=O)Nc1ccccc1C)c1cccc(O)c1. The minimum absolute atomic E-state index is 0.00753. The van der Waals surface area contributed by atoms with E-state index in [1.54, 1.807) is 39.0 Å². The predicted molar refractivity (Wildman–Crippen MR) is 155 cm³/mol. The molecule has 8 heteroatoms. The van der Waals surface area contributed by atoms with Gasteiger partial charge in [-0.3, -0.25) is 9.59 Å². The molecule has 0 aliphatic heterocycles. The van der Waals surface area contributed by atoms with E-state index in [4.69, 9.17) is 4.74 Å². The number of para-hydroxylation sites is 1. The van der Waals surface area contributed by atoms with Crippen molar-refractivity contribution in [2.45, 2.75) is 91.8 Å². The standard InChI is InChI=1S/C31H45N3O5/c1-8-9-10-13-19-34(29(37)26(21(2)3)33-30(38)39-31(5,6)7)27(23-16-14-17-24(35)20-23)28(36)32-25-18-12-11-15-22(25)4/h11-12,14-18,20-21,26-27,35H,8-10,13,19H2,1-7H3,(H,32,36)(H,33,38). The van der Waals surface area contributed by atoms with Gasteiger partial charge in [-0.05, 0) is 69.4 Å². The van der Waals surface area contributed by atoms with E-state index >= 15 is 0 Å². The molecule has 0 aliphatic carbocycles. The van der Waals surface area contributed by atoms with Crippen molar-refractivity contribution in [3.05, 3.63) is 59.7 Å². The van der Waals surface area contributed by atoms with E-state index in [2.05, 4.69) is 17.6 Å². The lowest BCUT2D eigenvalue weighted by molar-refractivity contribution is -0.141. The maximum Gasteiger partial charge on any atom is 0.408 e. The summed E-state index contributed by atoms with van der Waals surface area (Å²) in [4.78, 5) is 42.3.